The van der Waals surface area contributed by atoms with Crippen LogP contribution in [0.4, 0.5) is 4.79 Å². The Labute approximate surface area is 146 Å². The van der Waals surface area contributed by atoms with Crippen LogP contribution in [0.3, 0.4) is 0 Å². The predicted octanol–water partition coefficient (Wildman–Crippen LogP) is 4.21. The molecule has 1 atom stereocenters. The number of alkyl carbamates (subject to hydrolysis) is 1. The number of H-pyrrole nitrogens is 1. The van der Waals surface area contributed by atoms with Gasteiger partial charge in [-0.25, -0.2) is 14.8 Å². The largest absolute Gasteiger partial charge is 0.444 e. The van der Waals surface area contributed by atoms with Gasteiger partial charge in [0.15, 0.2) is 0 Å². The lowest BCUT2D eigenvalue weighted by Crippen LogP contribution is -2.34. The molecule has 1 amide bonds. The minimum atomic E-state index is -0.511. The number of rotatable bonds is 3. The molecule has 1 unspecified atom stereocenters. The van der Waals surface area contributed by atoms with Gasteiger partial charge in [-0.3, -0.25) is 0 Å². The molecule has 2 heterocycles. The van der Waals surface area contributed by atoms with Crippen molar-refractivity contribution in [1.29, 1.82) is 0 Å². The van der Waals surface area contributed by atoms with E-state index in [1.165, 1.54) is 0 Å². The van der Waals surface area contributed by atoms with Crippen molar-refractivity contribution in [3.05, 3.63) is 48.4 Å². The highest BCUT2D eigenvalue weighted by Gasteiger charge is 2.18. The molecule has 3 rings (SSSR count). The number of carbonyl (C=O) groups is 1. The molecule has 2 aromatic heterocycles. The van der Waals surface area contributed by atoms with E-state index in [0.717, 1.165) is 27.9 Å². The Bertz CT molecular complexity index is 878. The molecule has 0 bridgehead atoms. The van der Waals surface area contributed by atoms with Gasteiger partial charge in [0.2, 0.25) is 0 Å². The van der Waals surface area contributed by atoms with Crippen LogP contribution in [-0.2, 0) is 4.74 Å². The summed E-state index contributed by atoms with van der Waals surface area (Å²) >= 11 is 0. The molecule has 0 spiro atoms. The standard InChI is InChI=1S/C19H22N4O2/c1-12(23-18(24)25-19(2,3)4)13-5-7-14(8-6-13)16-15-9-10-20-17(15)22-11-21-16/h5-12H,1-4H3,(H,23,24)(H,20,21,22). The average Bonchev–Trinajstić information content (AvgIpc) is 3.01. The second-order valence-electron chi connectivity index (χ2n) is 6.95. The van der Waals surface area contributed by atoms with Gasteiger partial charge in [-0.05, 0) is 39.3 Å². The van der Waals surface area contributed by atoms with Crippen LogP contribution in [0, 0.1) is 0 Å². The van der Waals surface area contributed by atoms with Crippen LogP contribution in [0.25, 0.3) is 22.3 Å². The summed E-state index contributed by atoms with van der Waals surface area (Å²) in [7, 11) is 0. The first-order valence-corrected chi connectivity index (χ1v) is 8.21. The predicted molar refractivity (Wildman–Crippen MR) is 97.1 cm³/mol. The topological polar surface area (TPSA) is 79.9 Å². The van der Waals surface area contributed by atoms with Crippen LogP contribution in [-0.4, -0.2) is 26.6 Å². The van der Waals surface area contributed by atoms with E-state index in [2.05, 4.69) is 20.3 Å². The third-order valence-corrected chi connectivity index (χ3v) is 3.77. The number of nitrogens with zero attached hydrogens (tertiary/aromatic N) is 2. The lowest BCUT2D eigenvalue weighted by atomic mass is 10.0. The molecule has 0 radical (unpaired) electrons. The SMILES string of the molecule is CC(NC(=O)OC(C)(C)C)c1ccc(-c2ncnc3[nH]ccc23)cc1. The number of benzene rings is 1. The minimum Gasteiger partial charge on any atom is -0.444 e. The summed E-state index contributed by atoms with van der Waals surface area (Å²) in [4.78, 5) is 23.6. The van der Waals surface area contributed by atoms with Crippen molar-refractivity contribution in [3.8, 4) is 11.3 Å². The second kappa shape index (κ2) is 6.55. The lowest BCUT2D eigenvalue weighted by molar-refractivity contribution is 0.0508. The highest BCUT2D eigenvalue weighted by Crippen LogP contribution is 2.26. The summed E-state index contributed by atoms with van der Waals surface area (Å²) < 4.78 is 5.29. The molecule has 3 aromatic rings. The third-order valence-electron chi connectivity index (χ3n) is 3.77. The summed E-state index contributed by atoms with van der Waals surface area (Å²) in [5.41, 5.74) is 3.18. The molecule has 0 aliphatic heterocycles. The molecule has 25 heavy (non-hydrogen) atoms. The van der Waals surface area contributed by atoms with Crippen molar-refractivity contribution in [2.24, 2.45) is 0 Å². The summed E-state index contributed by atoms with van der Waals surface area (Å²) in [5, 5.41) is 3.83. The highest BCUT2D eigenvalue weighted by molar-refractivity contribution is 5.90. The summed E-state index contributed by atoms with van der Waals surface area (Å²) in [6, 6.07) is 9.78. The van der Waals surface area contributed by atoms with E-state index < -0.39 is 11.7 Å². The second-order valence-corrected chi connectivity index (χ2v) is 6.95. The smallest absolute Gasteiger partial charge is 0.408 e. The summed E-state index contributed by atoms with van der Waals surface area (Å²) in [5.74, 6) is 0. The van der Waals surface area contributed by atoms with Crippen molar-refractivity contribution >= 4 is 17.1 Å². The molecular formula is C19H22N4O2. The van der Waals surface area contributed by atoms with Crippen LogP contribution in [0.1, 0.15) is 39.3 Å². The van der Waals surface area contributed by atoms with Crippen LogP contribution >= 0.6 is 0 Å². The van der Waals surface area contributed by atoms with E-state index in [1.807, 2.05) is 64.2 Å². The Morgan fingerprint density at radius 2 is 1.88 bits per heavy atom. The fourth-order valence-corrected chi connectivity index (χ4v) is 2.60. The Morgan fingerprint density at radius 3 is 2.56 bits per heavy atom. The highest BCUT2D eigenvalue weighted by atomic mass is 16.6. The maximum Gasteiger partial charge on any atom is 0.408 e. The third kappa shape index (κ3) is 3.96. The van der Waals surface area contributed by atoms with Crippen molar-refractivity contribution in [1.82, 2.24) is 20.3 Å². The van der Waals surface area contributed by atoms with Gasteiger partial charge in [-0.1, -0.05) is 24.3 Å². The zero-order valence-electron chi connectivity index (χ0n) is 14.8. The monoisotopic (exact) mass is 338 g/mol. The molecular weight excluding hydrogens is 316 g/mol. The molecule has 6 heteroatoms. The van der Waals surface area contributed by atoms with E-state index in [-0.39, 0.29) is 6.04 Å². The lowest BCUT2D eigenvalue weighted by Gasteiger charge is -2.22. The first-order valence-electron chi connectivity index (χ1n) is 8.21. The van der Waals surface area contributed by atoms with Gasteiger partial charge in [-0.15, -0.1) is 0 Å². The average molecular weight is 338 g/mol. The molecule has 2 N–H and O–H groups in total. The Kier molecular flexibility index (Phi) is 4.44. The number of fused-ring (bicyclic) bond motifs is 1. The Hall–Kier alpha value is -2.89. The maximum absolute atomic E-state index is 11.9. The normalized spacial score (nSPS) is 12.8. The van der Waals surface area contributed by atoms with E-state index >= 15 is 0 Å². The summed E-state index contributed by atoms with van der Waals surface area (Å²) in [6.07, 6.45) is 2.98. The van der Waals surface area contributed by atoms with E-state index in [1.54, 1.807) is 6.33 Å². The molecule has 0 fully saturated rings. The number of aromatic amines is 1. The molecule has 0 saturated heterocycles. The van der Waals surface area contributed by atoms with Crippen molar-refractivity contribution in [3.63, 3.8) is 0 Å². The molecule has 0 aliphatic rings. The van der Waals surface area contributed by atoms with Crippen LogP contribution in [0.15, 0.2) is 42.9 Å². The number of hydrogen-bond donors (Lipinski definition) is 2. The maximum atomic E-state index is 11.9. The van der Waals surface area contributed by atoms with Crippen LogP contribution in [0.5, 0.6) is 0 Å². The van der Waals surface area contributed by atoms with Gasteiger partial charge in [0.05, 0.1) is 11.7 Å². The zero-order valence-corrected chi connectivity index (χ0v) is 14.8. The molecule has 0 aliphatic carbocycles. The summed E-state index contributed by atoms with van der Waals surface area (Å²) in [6.45, 7) is 7.45. The number of ether oxygens (including phenoxy) is 1. The zero-order chi connectivity index (χ0) is 18.0. The first kappa shape index (κ1) is 17.0. The minimum absolute atomic E-state index is 0.151. The number of hydrogen-bond acceptors (Lipinski definition) is 4. The van der Waals surface area contributed by atoms with Crippen molar-refractivity contribution < 1.29 is 9.53 Å². The first-order chi connectivity index (χ1) is 11.8. The number of aromatic nitrogens is 3. The fraction of sp³-hybridized carbons (Fsp3) is 0.316. The van der Waals surface area contributed by atoms with E-state index in [0.29, 0.717) is 0 Å². The van der Waals surface area contributed by atoms with E-state index in [9.17, 15) is 4.79 Å². The van der Waals surface area contributed by atoms with Gasteiger partial charge in [0, 0.05) is 17.1 Å². The van der Waals surface area contributed by atoms with E-state index in [4.69, 9.17) is 4.74 Å². The van der Waals surface area contributed by atoms with Gasteiger partial charge in [0.1, 0.15) is 17.6 Å². The molecule has 0 saturated carbocycles. The fourth-order valence-electron chi connectivity index (χ4n) is 2.60. The number of nitrogens with one attached hydrogen (secondary N) is 2. The van der Waals surface area contributed by atoms with Crippen molar-refractivity contribution in [2.75, 3.05) is 0 Å². The van der Waals surface area contributed by atoms with Crippen LogP contribution in [0.2, 0.25) is 0 Å². The van der Waals surface area contributed by atoms with Gasteiger partial charge < -0.3 is 15.0 Å². The number of amides is 1. The quantitative estimate of drug-likeness (QED) is 0.749. The Balaban J connectivity index is 1.76. The van der Waals surface area contributed by atoms with Crippen LogP contribution < -0.4 is 5.32 Å². The molecule has 1 aromatic carbocycles. The van der Waals surface area contributed by atoms with Gasteiger partial charge in [-0.2, -0.15) is 0 Å². The number of carbonyl (C=O) groups excluding carboxylic acids is 1. The van der Waals surface area contributed by atoms with Crippen molar-refractivity contribution in [2.45, 2.75) is 39.3 Å². The molecule has 6 nitrogen and oxygen atoms in total. The molecule has 130 valence electrons. The van der Waals surface area contributed by atoms with Gasteiger partial charge in [0.25, 0.3) is 0 Å². The van der Waals surface area contributed by atoms with Gasteiger partial charge >= 0.3 is 6.09 Å². The Morgan fingerprint density at radius 1 is 1.16 bits per heavy atom.